The van der Waals surface area contributed by atoms with E-state index < -0.39 is 0 Å². The highest BCUT2D eigenvalue weighted by Crippen LogP contribution is 2.25. The molecule has 0 atom stereocenters. The van der Waals surface area contributed by atoms with Crippen molar-refractivity contribution < 1.29 is 9.53 Å². The zero-order valence-corrected chi connectivity index (χ0v) is 11.7. The number of amides is 1. The normalized spacial score (nSPS) is 23.7. The minimum atomic E-state index is -0.00485. The van der Waals surface area contributed by atoms with Gasteiger partial charge >= 0.3 is 0 Å². The topological polar surface area (TPSA) is 50.4 Å². The number of rotatable bonds is 4. The third kappa shape index (κ3) is 3.03. The first-order chi connectivity index (χ1) is 8.74. The van der Waals surface area contributed by atoms with Gasteiger partial charge in [0.25, 0.3) is 5.91 Å². The van der Waals surface area contributed by atoms with Crippen molar-refractivity contribution in [3.63, 3.8) is 0 Å². The lowest BCUT2D eigenvalue weighted by molar-refractivity contribution is 0.0926. The Hall–Kier alpha value is -1.07. The van der Waals surface area contributed by atoms with Crippen LogP contribution in [0, 0.1) is 0 Å². The fraction of sp³-hybridized carbons (Fsp3) is 0.615. The maximum atomic E-state index is 12.1. The summed E-state index contributed by atoms with van der Waals surface area (Å²) in [7, 11) is 3.59. The van der Waals surface area contributed by atoms with E-state index in [-0.39, 0.29) is 5.91 Å². The van der Waals surface area contributed by atoms with Crippen LogP contribution in [-0.2, 0) is 0 Å². The second kappa shape index (κ2) is 6.20. The lowest BCUT2D eigenvalue weighted by atomic mass is 9.91. The molecule has 100 valence electrons. The summed E-state index contributed by atoms with van der Waals surface area (Å²) in [5.74, 6) is 0.663. The van der Waals surface area contributed by atoms with Gasteiger partial charge in [-0.15, -0.1) is 11.3 Å². The van der Waals surface area contributed by atoms with Crippen LogP contribution in [0.1, 0.15) is 35.4 Å². The molecule has 4 nitrogen and oxygen atoms in total. The molecule has 2 N–H and O–H groups in total. The number of carbonyl (C=O) groups excluding carboxylic acids is 1. The Bertz CT molecular complexity index is 397. The van der Waals surface area contributed by atoms with E-state index in [1.165, 1.54) is 11.3 Å². The first-order valence-corrected chi connectivity index (χ1v) is 7.22. The minimum Gasteiger partial charge on any atom is -0.495 e. The molecule has 0 aromatic carbocycles. The Morgan fingerprint density at radius 2 is 2.00 bits per heavy atom. The van der Waals surface area contributed by atoms with Crippen LogP contribution in [0.15, 0.2) is 11.4 Å². The van der Waals surface area contributed by atoms with Crippen LogP contribution in [0.2, 0.25) is 0 Å². The fourth-order valence-corrected chi connectivity index (χ4v) is 3.16. The number of methoxy groups -OCH3 is 1. The van der Waals surface area contributed by atoms with Crippen molar-refractivity contribution in [1.29, 1.82) is 0 Å². The Morgan fingerprint density at radius 3 is 2.61 bits per heavy atom. The molecule has 5 heteroatoms. The molecular weight excluding hydrogens is 248 g/mol. The first-order valence-electron chi connectivity index (χ1n) is 6.34. The van der Waals surface area contributed by atoms with Crippen molar-refractivity contribution in [3.05, 3.63) is 16.3 Å². The number of ether oxygens (including phenoxy) is 1. The summed E-state index contributed by atoms with van der Waals surface area (Å²) in [5, 5.41) is 8.28. The molecule has 1 aliphatic rings. The van der Waals surface area contributed by atoms with E-state index in [9.17, 15) is 4.79 Å². The van der Waals surface area contributed by atoms with Crippen molar-refractivity contribution in [2.45, 2.75) is 37.8 Å². The molecule has 0 unspecified atom stereocenters. The predicted molar refractivity (Wildman–Crippen MR) is 73.4 cm³/mol. The highest BCUT2D eigenvalue weighted by Gasteiger charge is 2.23. The molecule has 1 heterocycles. The van der Waals surface area contributed by atoms with Gasteiger partial charge in [0.15, 0.2) is 0 Å². The lowest BCUT2D eigenvalue weighted by Crippen LogP contribution is -2.41. The van der Waals surface area contributed by atoms with E-state index in [0.717, 1.165) is 25.7 Å². The molecule has 18 heavy (non-hydrogen) atoms. The van der Waals surface area contributed by atoms with Crippen LogP contribution in [-0.4, -0.2) is 32.1 Å². The third-order valence-electron chi connectivity index (χ3n) is 3.53. The molecule has 1 fully saturated rings. The molecule has 1 amide bonds. The molecule has 1 aromatic rings. The Morgan fingerprint density at radius 1 is 1.33 bits per heavy atom. The van der Waals surface area contributed by atoms with Crippen molar-refractivity contribution in [2.75, 3.05) is 14.2 Å². The van der Waals surface area contributed by atoms with E-state index in [0.29, 0.717) is 22.7 Å². The molecule has 0 radical (unpaired) electrons. The smallest absolute Gasteiger partial charge is 0.265 e. The zero-order valence-electron chi connectivity index (χ0n) is 10.9. The van der Waals surface area contributed by atoms with E-state index in [2.05, 4.69) is 10.6 Å². The first kappa shape index (κ1) is 13.4. The van der Waals surface area contributed by atoms with Gasteiger partial charge in [-0.1, -0.05) is 0 Å². The van der Waals surface area contributed by atoms with Gasteiger partial charge in [0.2, 0.25) is 0 Å². The SMILES string of the molecule is CNC1CCC(NC(=O)c2sccc2OC)CC1. The molecule has 1 saturated carbocycles. The number of thiophene rings is 1. The summed E-state index contributed by atoms with van der Waals surface area (Å²) in [6.07, 6.45) is 4.35. The van der Waals surface area contributed by atoms with Crippen LogP contribution in [0.4, 0.5) is 0 Å². The van der Waals surface area contributed by atoms with Gasteiger partial charge in [-0.25, -0.2) is 0 Å². The molecule has 1 aromatic heterocycles. The monoisotopic (exact) mass is 268 g/mol. The fourth-order valence-electron chi connectivity index (χ4n) is 2.40. The summed E-state index contributed by atoms with van der Waals surface area (Å²) in [6.45, 7) is 0. The van der Waals surface area contributed by atoms with E-state index in [4.69, 9.17) is 4.74 Å². The molecule has 0 spiro atoms. The van der Waals surface area contributed by atoms with E-state index in [1.54, 1.807) is 7.11 Å². The van der Waals surface area contributed by atoms with Crippen molar-refractivity contribution in [1.82, 2.24) is 10.6 Å². The molecule has 2 rings (SSSR count). The number of nitrogens with one attached hydrogen (secondary N) is 2. The van der Waals surface area contributed by atoms with Gasteiger partial charge in [0.1, 0.15) is 10.6 Å². The van der Waals surface area contributed by atoms with Crippen LogP contribution in [0.3, 0.4) is 0 Å². The van der Waals surface area contributed by atoms with Gasteiger partial charge in [-0.3, -0.25) is 4.79 Å². The van der Waals surface area contributed by atoms with Gasteiger partial charge in [0.05, 0.1) is 7.11 Å². The van der Waals surface area contributed by atoms with Crippen LogP contribution >= 0.6 is 11.3 Å². The minimum absolute atomic E-state index is 0.00485. The lowest BCUT2D eigenvalue weighted by Gasteiger charge is -2.28. The van der Waals surface area contributed by atoms with E-state index >= 15 is 0 Å². The van der Waals surface area contributed by atoms with Gasteiger partial charge in [-0.05, 0) is 44.2 Å². The van der Waals surface area contributed by atoms with Gasteiger partial charge in [-0.2, -0.15) is 0 Å². The molecule has 0 bridgehead atoms. The molecule has 0 aliphatic heterocycles. The number of hydrogen-bond acceptors (Lipinski definition) is 4. The third-order valence-corrected chi connectivity index (χ3v) is 4.42. The second-order valence-electron chi connectivity index (χ2n) is 4.63. The molecule has 1 aliphatic carbocycles. The highest BCUT2D eigenvalue weighted by atomic mass is 32.1. The van der Waals surface area contributed by atoms with Gasteiger partial charge < -0.3 is 15.4 Å². The van der Waals surface area contributed by atoms with Crippen molar-refractivity contribution in [3.8, 4) is 5.75 Å². The van der Waals surface area contributed by atoms with Crippen molar-refractivity contribution >= 4 is 17.2 Å². The number of hydrogen-bond donors (Lipinski definition) is 2. The largest absolute Gasteiger partial charge is 0.495 e. The summed E-state index contributed by atoms with van der Waals surface area (Å²) >= 11 is 1.43. The van der Waals surface area contributed by atoms with Crippen LogP contribution in [0.5, 0.6) is 5.75 Å². The zero-order chi connectivity index (χ0) is 13.0. The highest BCUT2D eigenvalue weighted by molar-refractivity contribution is 7.12. The summed E-state index contributed by atoms with van der Waals surface area (Å²) < 4.78 is 5.17. The Balaban J connectivity index is 1.89. The summed E-state index contributed by atoms with van der Waals surface area (Å²) in [4.78, 5) is 12.8. The van der Waals surface area contributed by atoms with Crippen LogP contribution in [0.25, 0.3) is 0 Å². The van der Waals surface area contributed by atoms with Gasteiger partial charge in [0, 0.05) is 12.1 Å². The predicted octanol–water partition coefficient (Wildman–Crippen LogP) is 2.02. The average molecular weight is 268 g/mol. The summed E-state index contributed by atoms with van der Waals surface area (Å²) in [6, 6.07) is 2.74. The Kier molecular flexibility index (Phi) is 4.60. The second-order valence-corrected chi connectivity index (χ2v) is 5.54. The van der Waals surface area contributed by atoms with Crippen molar-refractivity contribution in [2.24, 2.45) is 0 Å². The maximum absolute atomic E-state index is 12.1. The average Bonchev–Trinajstić information content (AvgIpc) is 2.88. The standard InChI is InChI=1S/C13H20N2O2S/c1-14-9-3-5-10(6-4-9)15-13(16)12-11(17-2)7-8-18-12/h7-10,14H,3-6H2,1-2H3,(H,15,16). The number of carbonyl (C=O) groups is 1. The quantitative estimate of drug-likeness (QED) is 0.878. The van der Waals surface area contributed by atoms with Crippen LogP contribution < -0.4 is 15.4 Å². The Labute approximate surface area is 112 Å². The van der Waals surface area contributed by atoms with E-state index in [1.807, 2.05) is 18.5 Å². The maximum Gasteiger partial charge on any atom is 0.265 e. The molecule has 0 saturated heterocycles. The molecular formula is C13H20N2O2S. The summed E-state index contributed by atoms with van der Waals surface area (Å²) in [5.41, 5.74) is 0.